The van der Waals surface area contributed by atoms with Crippen LogP contribution in [0, 0.1) is 0 Å². The largest absolute Gasteiger partial charge is 0.355 e. The highest BCUT2D eigenvalue weighted by atomic mass is 14.9. The van der Waals surface area contributed by atoms with Gasteiger partial charge in [-0.15, -0.1) is 0 Å². The minimum absolute atomic E-state index is 0.000951. The lowest BCUT2D eigenvalue weighted by Crippen LogP contribution is -2.25. The summed E-state index contributed by atoms with van der Waals surface area (Å²) in [7, 11) is 0. The van der Waals surface area contributed by atoms with Gasteiger partial charge in [-0.05, 0) is 82.3 Å². The van der Waals surface area contributed by atoms with Crippen molar-refractivity contribution in [2.24, 2.45) is 0 Å². The predicted octanol–water partition coefficient (Wildman–Crippen LogP) is 13.7. The first-order valence-corrected chi connectivity index (χ1v) is 18.0. The van der Waals surface area contributed by atoms with Gasteiger partial charge in [0.2, 0.25) is 0 Å². The lowest BCUT2D eigenvalue weighted by Gasteiger charge is -2.33. The van der Waals surface area contributed by atoms with Crippen LogP contribution in [0.2, 0.25) is 0 Å². The average molecular weight is 617 g/mol. The van der Waals surface area contributed by atoms with Crippen LogP contribution >= 0.6 is 0 Å². The standard InChI is InChI=1S/C45H48N2/c1-3-5-7-13-29-45(30-14-8-6-4-2)41-31-35(46-43-23-15-19-33-17-9-11-21-37(33)43)25-27-39(41)40-28-26-36(32-42(40)45)47-44-24-16-20-34-18-10-12-22-38(34)44/h9-12,15-28,31-32,46-47H,3-8,13-14,29-30H2,1-2H3. The fraction of sp³-hybridized carbons (Fsp3) is 0.289. The number of anilines is 4. The molecule has 6 aromatic carbocycles. The Bertz CT molecular complexity index is 1830. The third kappa shape index (κ3) is 6.26. The Labute approximate surface area is 281 Å². The van der Waals surface area contributed by atoms with Gasteiger partial charge in [-0.1, -0.05) is 150 Å². The smallest absolute Gasteiger partial charge is 0.0463 e. The Hall–Kier alpha value is -4.56. The minimum atomic E-state index is -0.000951. The molecule has 0 unspecified atom stereocenters. The molecule has 0 aliphatic heterocycles. The van der Waals surface area contributed by atoms with Crippen LogP contribution in [0.3, 0.4) is 0 Å². The number of hydrogen-bond acceptors (Lipinski definition) is 2. The highest BCUT2D eigenvalue weighted by Gasteiger charge is 2.42. The van der Waals surface area contributed by atoms with E-state index in [1.54, 1.807) is 0 Å². The van der Waals surface area contributed by atoms with E-state index in [0.29, 0.717) is 0 Å². The first kappa shape index (κ1) is 31.1. The van der Waals surface area contributed by atoms with E-state index in [-0.39, 0.29) is 5.41 Å². The molecule has 2 N–H and O–H groups in total. The number of benzene rings is 6. The molecule has 47 heavy (non-hydrogen) atoms. The number of nitrogens with one attached hydrogen (secondary N) is 2. The molecule has 1 aliphatic carbocycles. The summed E-state index contributed by atoms with van der Waals surface area (Å²) in [6.07, 6.45) is 12.6. The maximum absolute atomic E-state index is 3.84. The van der Waals surface area contributed by atoms with Crippen LogP contribution in [0.1, 0.15) is 89.2 Å². The highest BCUT2D eigenvalue weighted by molar-refractivity contribution is 5.97. The zero-order chi connectivity index (χ0) is 32.1. The molecule has 0 radical (unpaired) electrons. The van der Waals surface area contributed by atoms with Gasteiger partial charge in [0.05, 0.1) is 0 Å². The van der Waals surface area contributed by atoms with Crippen molar-refractivity contribution in [3.05, 3.63) is 132 Å². The molecule has 0 bridgehead atoms. The molecule has 0 spiro atoms. The van der Waals surface area contributed by atoms with Crippen molar-refractivity contribution < 1.29 is 0 Å². The number of hydrogen-bond donors (Lipinski definition) is 2. The molecule has 0 atom stereocenters. The van der Waals surface area contributed by atoms with Crippen molar-refractivity contribution in [3.8, 4) is 11.1 Å². The highest BCUT2D eigenvalue weighted by Crippen LogP contribution is 2.55. The molecular formula is C45H48N2. The van der Waals surface area contributed by atoms with Crippen LogP contribution in [0.5, 0.6) is 0 Å². The van der Waals surface area contributed by atoms with Crippen LogP contribution in [0.25, 0.3) is 32.7 Å². The van der Waals surface area contributed by atoms with Gasteiger partial charge < -0.3 is 10.6 Å². The minimum Gasteiger partial charge on any atom is -0.355 e. The third-order valence-electron chi connectivity index (χ3n) is 10.4. The summed E-state index contributed by atoms with van der Waals surface area (Å²) in [5.74, 6) is 0. The molecule has 2 heteroatoms. The van der Waals surface area contributed by atoms with E-state index in [4.69, 9.17) is 0 Å². The molecule has 2 nitrogen and oxygen atoms in total. The second kappa shape index (κ2) is 14.1. The molecule has 0 fully saturated rings. The van der Waals surface area contributed by atoms with E-state index >= 15 is 0 Å². The molecule has 1 aliphatic rings. The lowest BCUT2D eigenvalue weighted by atomic mass is 9.70. The molecule has 238 valence electrons. The van der Waals surface area contributed by atoms with Gasteiger partial charge in [-0.25, -0.2) is 0 Å². The molecule has 0 heterocycles. The molecular weight excluding hydrogens is 569 g/mol. The Morgan fingerprint density at radius 1 is 0.447 bits per heavy atom. The van der Waals surface area contributed by atoms with Crippen LogP contribution < -0.4 is 10.6 Å². The fourth-order valence-corrected chi connectivity index (χ4v) is 8.00. The summed E-state index contributed by atoms with van der Waals surface area (Å²) in [5, 5.41) is 12.7. The van der Waals surface area contributed by atoms with Crippen molar-refractivity contribution in [2.45, 2.75) is 83.5 Å². The van der Waals surface area contributed by atoms with E-state index in [1.165, 1.54) is 119 Å². The predicted molar refractivity (Wildman–Crippen MR) is 205 cm³/mol. The summed E-state index contributed by atoms with van der Waals surface area (Å²) >= 11 is 0. The van der Waals surface area contributed by atoms with E-state index in [0.717, 1.165) is 11.4 Å². The van der Waals surface area contributed by atoms with E-state index in [2.05, 4.69) is 146 Å². The number of unbranched alkanes of at least 4 members (excludes halogenated alkanes) is 6. The molecule has 6 aromatic rings. The Morgan fingerprint density at radius 2 is 0.894 bits per heavy atom. The first-order chi connectivity index (χ1) is 23.2. The molecule has 0 amide bonds. The number of fused-ring (bicyclic) bond motifs is 5. The second-order valence-electron chi connectivity index (χ2n) is 13.5. The summed E-state index contributed by atoms with van der Waals surface area (Å²) < 4.78 is 0. The van der Waals surface area contributed by atoms with E-state index < -0.39 is 0 Å². The third-order valence-corrected chi connectivity index (χ3v) is 10.4. The quantitative estimate of drug-likeness (QED) is 0.119. The normalized spacial score (nSPS) is 13.1. The molecule has 0 aromatic heterocycles. The van der Waals surface area contributed by atoms with Gasteiger partial charge >= 0.3 is 0 Å². The van der Waals surface area contributed by atoms with Crippen molar-refractivity contribution in [1.82, 2.24) is 0 Å². The number of rotatable bonds is 14. The molecule has 0 saturated heterocycles. The van der Waals surface area contributed by atoms with Gasteiger partial charge in [-0.2, -0.15) is 0 Å². The second-order valence-corrected chi connectivity index (χ2v) is 13.5. The van der Waals surface area contributed by atoms with Gasteiger partial charge in [-0.3, -0.25) is 0 Å². The summed E-state index contributed by atoms with van der Waals surface area (Å²) in [6.45, 7) is 4.63. The SMILES string of the molecule is CCCCCCC1(CCCCCC)c2cc(Nc3cccc4ccccc34)ccc2-c2ccc(Nc3cccc4ccccc34)cc21. The maximum atomic E-state index is 3.84. The van der Waals surface area contributed by atoms with Crippen LogP contribution in [0.4, 0.5) is 22.7 Å². The van der Waals surface area contributed by atoms with Gasteiger partial charge in [0, 0.05) is 38.9 Å². The Morgan fingerprint density at radius 3 is 1.36 bits per heavy atom. The summed E-state index contributed by atoms with van der Waals surface area (Å²) in [6, 6.07) is 44.8. The molecule has 7 rings (SSSR count). The summed E-state index contributed by atoms with van der Waals surface area (Å²) in [5.41, 5.74) is 10.5. The Balaban J connectivity index is 1.31. The zero-order valence-electron chi connectivity index (χ0n) is 28.1. The van der Waals surface area contributed by atoms with Crippen molar-refractivity contribution >= 4 is 44.3 Å². The summed E-state index contributed by atoms with van der Waals surface area (Å²) in [4.78, 5) is 0. The first-order valence-electron chi connectivity index (χ1n) is 18.0. The maximum Gasteiger partial charge on any atom is 0.0463 e. The van der Waals surface area contributed by atoms with Gasteiger partial charge in [0.15, 0.2) is 0 Å². The fourth-order valence-electron chi connectivity index (χ4n) is 8.00. The van der Waals surface area contributed by atoms with Crippen molar-refractivity contribution in [1.29, 1.82) is 0 Å². The van der Waals surface area contributed by atoms with Gasteiger partial charge in [0.1, 0.15) is 0 Å². The van der Waals surface area contributed by atoms with Crippen LogP contribution in [-0.4, -0.2) is 0 Å². The monoisotopic (exact) mass is 616 g/mol. The van der Waals surface area contributed by atoms with Crippen molar-refractivity contribution in [3.63, 3.8) is 0 Å². The van der Waals surface area contributed by atoms with Gasteiger partial charge in [0.25, 0.3) is 0 Å². The lowest BCUT2D eigenvalue weighted by molar-refractivity contribution is 0.401. The molecule has 0 saturated carbocycles. The zero-order valence-corrected chi connectivity index (χ0v) is 28.1. The van der Waals surface area contributed by atoms with Crippen LogP contribution in [-0.2, 0) is 5.41 Å². The average Bonchev–Trinajstić information content (AvgIpc) is 3.37. The topological polar surface area (TPSA) is 24.1 Å². The van der Waals surface area contributed by atoms with E-state index in [1.807, 2.05) is 0 Å². The van der Waals surface area contributed by atoms with Crippen LogP contribution in [0.15, 0.2) is 121 Å². The Kier molecular flexibility index (Phi) is 9.29. The van der Waals surface area contributed by atoms with Crippen molar-refractivity contribution in [2.75, 3.05) is 10.6 Å². The van der Waals surface area contributed by atoms with E-state index in [9.17, 15) is 0 Å².